The lowest BCUT2D eigenvalue weighted by Crippen LogP contribution is -2.27. The molecule has 2 amide bonds. The van der Waals surface area contributed by atoms with Gasteiger partial charge in [0.15, 0.2) is 0 Å². The lowest BCUT2D eigenvalue weighted by atomic mass is 9.96. The monoisotopic (exact) mass is 543 g/mol. The van der Waals surface area contributed by atoms with Gasteiger partial charge in [-0.05, 0) is 81.0 Å². The van der Waals surface area contributed by atoms with Gasteiger partial charge in [-0.25, -0.2) is 0 Å². The van der Waals surface area contributed by atoms with Crippen LogP contribution < -0.4 is 15.4 Å². The fraction of sp³-hybridized carbons (Fsp3) is 0.333. The van der Waals surface area contributed by atoms with E-state index in [9.17, 15) is 9.59 Å². The molecule has 0 aliphatic carbocycles. The predicted octanol–water partition coefficient (Wildman–Crippen LogP) is 3.44. The molecule has 2 aromatic heterocycles. The van der Waals surface area contributed by atoms with Gasteiger partial charge in [-0.2, -0.15) is 10.2 Å². The van der Waals surface area contributed by atoms with Crippen LogP contribution in [0.15, 0.2) is 61.1 Å². The van der Waals surface area contributed by atoms with E-state index in [1.807, 2.05) is 88.7 Å². The molecule has 4 aromatic rings. The molecular formula is C30H37N7O3. The number of rotatable bonds is 11. The van der Waals surface area contributed by atoms with E-state index in [-0.39, 0.29) is 24.4 Å². The number of carbonyl (C=O) groups is 2. The standard InChI is InChI=1S/C30H37N7O3/c1-20-7-8-26(40-12-11-35(4)5)16-27(20)30(39)33-21(2)22-13-23(15-24(14-22)28-9-10-36(6)34-28)25-17-32-37(18-25)19-29(38)31-3/h7-10,13-18,21H,11-12,19H2,1-6H3,(H,31,38)(H,33,39)/t21-/m1/s1. The van der Waals surface area contributed by atoms with Crippen LogP contribution >= 0.6 is 0 Å². The average molecular weight is 544 g/mol. The van der Waals surface area contributed by atoms with Crippen LogP contribution in [-0.4, -0.2) is 70.6 Å². The Bertz CT molecular complexity index is 1490. The highest BCUT2D eigenvalue weighted by molar-refractivity contribution is 5.96. The molecule has 1 atom stereocenters. The van der Waals surface area contributed by atoms with Gasteiger partial charge in [0.2, 0.25) is 5.91 Å². The zero-order chi connectivity index (χ0) is 28.8. The van der Waals surface area contributed by atoms with Crippen LogP contribution in [0, 0.1) is 6.92 Å². The number of benzene rings is 2. The minimum Gasteiger partial charge on any atom is -0.492 e. The van der Waals surface area contributed by atoms with Gasteiger partial charge < -0.3 is 20.3 Å². The van der Waals surface area contributed by atoms with Gasteiger partial charge >= 0.3 is 0 Å². The van der Waals surface area contributed by atoms with E-state index in [2.05, 4.69) is 20.8 Å². The van der Waals surface area contributed by atoms with E-state index in [0.29, 0.717) is 17.9 Å². The second-order valence-electron chi connectivity index (χ2n) is 10.1. The third-order valence-corrected chi connectivity index (χ3v) is 6.62. The number of hydrogen-bond acceptors (Lipinski definition) is 6. The van der Waals surface area contributed by atoms with E-state index in [0.717, 1.165) is 40.1 Å². The zero-order valence-corrected chi connectivity index (χ0v) is 23.9. The maximum Gasteiger partial charge on any atom is 0.252 e. The lowest BCUT2D eigenvalue weighted by molar-refractivity contribution is -0.121. The van der Waals surface area contributed by atoms with Gasteiger partial charge in [0.1, 0.15) is 18.9 Å². The van der Waals surface area contributed by atoms with Gasteiger partial charge in [-0.3, -0.25) is 19.0 Å². The number of aromatic nitrogens is 4. The summed E-state index contributed by atoms with van der Waals surface area (Å²) in [4.78, 5) is 27.3. The molecule has 0 aliphatic heterocycles. The molecule has 2 heterocycles. The van der Waals surface area contributed by atoms with Crippen molar-refractivity contribution in [3.63, 3.8) is 0 Å². The number of carbonyl (C=O) groups excluding carboxylic acids is 2. The maximum atomic E-state index is 13.4. The molecule has 2 N–H and O–H groups in total. The molecule has 0 saturated heterocycles. The van der Waals surface area contributed by atoms with Crippen LogP contribution in [0.1, 0.15) is 34.5 Å². The third kappa shape index (κ3) is 7.15. The molecule has 2 aromatic carbocycles. The number of ether oxygens (including phenoxy) is 1. The molecule has 0 aliphatic rings. The third-order valence-electron chi connectivity index (χ3n) is 6.62. The molecule has 10 nitrogen and oxygen atoms in total. The Morgan fingerprint density at radius 1 is 1.07 bits per heavy atom. The molecule has 40 heavy (non-hydrogen) atoms. The fourth-order valence-electron chi connectivity index (χ4n) is 4.25. The van der Waals surface area contributed by atoms with Gasteiger partial charge in [0.05, 0.1) is 17.9 Å². The van der Waals surface area contributed by atoms with E-state index in [1.54, 1.807) is 28.7 Å². The summed E-state index contributed by atoms with van der Waals surface area (Å²) in [5, 5.41) is 14.7. The molecule has 4 rings (SSSR count). The van der Waals surface area contributed by atoms with Crippen molar-refractivity contribution in [2.75, 3.05) is 34.3 Å². The molecule has 0 saturated carbocycles. The molecule has 0 spiro atoms. The largest absolute Gasteiger partial charge is 0.492 e. The minimum atomic E-state index is -0.298. The van der Waals surface area contributed by atoms with Crippen LogP contribution in [0.25, 0.3) is 22.4 Å². The van der Waals surface area contributed by atoms with Crippen molar-refractivity contribution in [2.24, 2.45) is 7.05 Å². The van der Waals surface area contributed by atoms with Crippen molar-refractivity contribution in [1.82, 2.24) is 35.1 Å². The molecule has 0 radical (unpaired) electrons. The van der Waals surface area contributed by atoms with Crippen molar-refractivity contribution in [3.8, 4) is 28.1 Å². The summed E-state index contributed by atoms with van der Waals surface area (Å²) in [7, 11) is 7.45. The first kappa shape index (κ1) is 28.6. The first-order valence-corrected chi connectivity index (χ1v) is 13.2. The summed E-state index contributed by atoms with van der Waals surface area (Å²) in [5.41, 5.74) is 5.87. The van der Waals surface area contributed by atoms with E-state index < -0.39 is 0 Å². The Labute approximate surface area is 234 Å². The lowest BCUT2D eigenvalue weighted by Gasteiger charge is -2.18. The molecule has 0 bridgehead atoms. The normalized spacial score (nSPS) is 11.9. The Morgan fingerprint density at radius 2 is 1.85 bits per heavy atom. The van der Waals surface area contributed by atoms with Crippen LogP contribution in [0.3, 0.4) is 0 Å². The first-order chi connectivity index (χ1) is 19.1. The van der Waals surface area contributed by atoms with Gasteiger partial charge in [0, 0.05) is 49.7 Å². The fourth-order valence-corrected chi connectivity index (χ4v) is 4.25. The Hall–Kier alpha value is -4.44. The van der Waals surface area contributed by atoms with E-state index in [4.69, 9.17) is 4.74 Å². The Kier molecular flexibility index (Phi) is 9.00. The summed E-state index contributed by atoms with van der Waals surface area (Å²) < 4.78 is 9.21. The van der Waals surface area contributed by atoms with Crippen molar-refractivity contribution in [3.05, 3.63) is 77.7 Å². The van der Waals surface area contributed by atoms with Crippen LogP contribution in [0.2, 0.25) is 0 Å². The van der Waals surface area contributed by atoms with Crippen molar-refractivity contribution in [1.29, 1.82) is 0 Å². The van der Waals surface area contributed by atoms with Gasteiger partial charge in [0.25, 0.3) is 5.91 Å². The first-order valence-electron chi connectivity index (χ1n) is 13.2. The molecular weight excluding hydrogens is 506 g/mol. The highest BCUT2D eigenvalue weighted by atomic mass is 16.5. The zero-order valence-electron chi connectivity index (χ0n) is 23.9. The van der Waals surface area contributed by atoms with E-state index in [1.165, 1.54) is 0 Å². The average Bonchev–Trinajstić information content (AvgIpc) is 3.58. The maximum absolute atomic E-state index is 13.4. The molecule has 0 fully saturated rings. The summed E-state index contributed by atoms with van der Waals surface area (Å²) >= 11 is 0. The van der Waals surface area contributed by atoms with Crippen molar-refractivity contribution >= 4 is 11.8 Å². The molecule has 210 valence electrons. The number of likely N-dealkylation sites (N-methyl/N-ethyl adjacent to an activating group) is 2. The second-order valence-corrected chi connectivity index (χ2v) is 10.1. The molecule has 10 heteroatoms. The summed E-state index contributed by atoms with van der Waals surface area (Å²) in [6.07, 6.45) is 5.47. The van der Waals surface area contributed by atoms with Gasteiger partial charge in [-0.1, -0.05) is 6.07 Å². The second kappa shape index (κ2) is 12.6. The summed E-state index contributed by atoms with van der Waals surface area (Å²) in [6, 6.07) is 13.4. The number of amides is 2. The van der Waals surface area contributed by atoms with E-state index >= 15 is 0 Å². The highest BCUT2D eigenvalue weighted by Crippen LogP contribution is 2.30. The van der Waals surface area contributed by atoms with Crippen LogP contribution in [0.5, 0.6) is 5.75 Å². The smallest absolute Gasteiger partial charge is 0.252 e. The Balaban J connectivity index is 1.60. The van der Waals surface area contributed by atoms with Gasteiger partial charge in [-0.15, -0.1) is 0 Å². The van der Waals surface area contributed by atoms with Crippen LogP contribution in [-0.2, 0) is 18.4 Å². The van der Waals surface area contributed by atoms with Crippen molar-refractivity contribution < 1.29 is 14.3 Å². The minimum absolute atomic E-state index is 0.128. The highest BCUT2D eigenvalue weighted by Gasteiger charge is 2.18. The number of hydrogen-bond donors (Lipinski definition) is 2. The quantitative estimate of drug-likeness (QED) is 0.300. The summed E-state index contributed by atoms with van der Waals surface area (Å²) in [5.74, 6) is 0.362. The SMILES string of the molecule is CNC(=O)Cn1cc(-c2cc(-c3ccn(C)n3)cc([C@@H](C)NC(=O)c3cc(OCCN(C)C)ccc3C)c2)cn1. The molecule has 0 unspecified atom stereocenters. The predicted molar refractivity (Wildman–Crippen MR) is 155 cm³/mol. The number of nitrogens with zero attached hydrogens (tertiary/aromatic N) is 5. The number of nitrogens with one attached hydrogen (secondary N) is 2. The Morgan fingerprint density at radius 3 is 2.55 bits per heavy atom. The van der Waals surface area contributed by atoms with Crippen molar-refractivity contribution in [2.45, 2.75) is 26.4 Å². The van der Waals surface area contributed by atoms with Crippen LogP contribution in [0.4, 0.5) is 0 Å². The topological polar surface area (TPSA) is 106 Å². The number of aryl methyl sites for hydroxylation is 2. The summed E-state index contributed by atoms with van der Waals surface area (Å²) in [6.45, 7) is 5.33.